The molecule has 0 fully saturated rings. The van der Waals surface area contributed by atoms with Crippen molar-refractivity contribution < 1.29 is 88.3 Å². The van der Waals surface area contributed by atoms with Crippen LogP contribution in [0.3, 0.4) is 0 Å². The Morgan fingerprint density at radius 3 is 1.51 bits per heavy atom. The van der Waals surface area contributed by atoms with E-state index in [0.717, 1.165) is 0 Å². The SMILES string of the molecule is C[n+]1ccn(CCC(F)(F)C(F)(F)C(F)(F)F)c1OP(=O)(C(F)(F)C(F)(F)F)C(F)(F)C(F)(F)F. The lowest BCUT2D eigenvalue weighted by molar-refractivity contribution is -0.674. The highest BCUT2D eigenvalue weighted by molar-refractivity contribution is 7.62. The lowest BCUT2D eigenvalue weighted by Gasteiger charge is -2.33. The number of imidazole rings is 1. The highest BCUT2D eigenvalue weighted by Crippen LogP contribution is 2.76. The van der Waals surface area contributed by atoms with Crippen molar-refractivity contribution in [1.82, 2.24) is 4.57 Å². The van der Waals surface area contributed by atoms with Crippen molar-refractivity contribution in [3.63, 3.8) is 0 Å². The standard InChI is InChI=1S/C13H9F17N2O2P/c1-31-4-5-32(3-2-7(14,15)8(16,17)9(18,19)20)6(31)34-35(33,12(27,28)10(21,22)23)13(29,30)11(24,25)26/h4-5H,2-3H2,1H3/q+1. The molecule has 0 unspecified atom stereocenters. The molecule has 4 nitrogen and oxygen atoms in total. The van der Waals surface area contributed by atoms with Crippen LogP contribution in [-0.4, -0.2) is 46.3 Å². The average Bonchev–Trinajstić information content (AvgIpc) is 2.96. The first kappa shape index (κ1) is 31.1. The fourth-order valence-electron chi connectivity index (χ4n) is 2.16. The number of nitrogens with zero attached hydrogens (tertiary/aromatic N) is 2. The number of aromatic nitrogens is 2. The Kier molecular flexibility index (Phi) is 7.61. The Balaban J connectivity index is 3.59. The normalized spacial score (nSPS) is 15.5. The second-order valence-electron chi connectivity index (χ2n) is 6.63. The molecule has 1 aromatic heterocycles. The zero-order valence-electron chi connectivity index (χ0n) is 16.2. The predicted octanol–water partition coefficient (Wildman–Crippen LogP) is 6.50. The molecule has 22 heteroatoms. The van der Waals surface area contributed by atoms with Gasteiger partial charge in [-0.05, 0) is 0 Å². The number of aryl methyl sites for hydroxylation is 2. The second-order valence-corrected chi connectivity index (χ2v) is 9.04. The Morgan fingerprint density at radius 2 is 1.17 bits per heavy atom. The van der Waals surface area contributed by atoms with Gasteiger partial charge in [-0.15, -0.1) is 0 Å². The first-order valence-electron chi connectivity index (χ1n) is 8.14. The summed E-state index contributed by atoms with van der Waals surface area (Å²) >= 11 is 0. The quantitative estimate of drug-likeness (QED) is 0.200. The predicted molar refractivity (Wildman–Crippen MR) is 76.4 cm³/mol. The molecule has 0 amide bonds. The molecule has 1 rings (SSSR count). The summed E-state index contributed by atoms with van der Waals surface area (Å²) < 4.78 is 234. The monoisotopic (exact) mass is 579 g/mol. The smallest absolute Gasteiger partial charge is 0.366 e. The van der Waals surface area contributed by atoms with Gasteiger partial charge in [-0.1, -0.05) is 0 Å². The zero-order valence-corrected chi connectivity index (χ0v) is 17.0. The van der Waals surface area contributed by atoms with Gasteiger partial charge in [0, 0.05) is 0 Å². The van der Waals surface area contributed by atoms with Crippen molar-refractivity contribution in [1.29, 1.82) is 0 Å². The van der Waals surface area contributed by atoms with Crippen LogP contribution in [0.15, 0.2) is 12.4 Å². The number of hydrogen-bond acceptors (Lipinski definition) is 2. The van der Waals surface area contributed by atoms with Gasteiger partial charge in [-0.25, -0.2) is 0 Å². The number of hydrogen-bond donors (Lipinski definition) is 0. The van der Waals surface area contributed by atoms with Crippen LogP contribution in [0.5, 0.6) is 6.01 Å². The molecule has 0 N–H and O–H groups in total. The Morgan fingerprint density at radius 1 is 0.771 bits per heavy atom. The molecule has 0 aliphatic carbocycles. The van der Waals surface area contributed by atoms with Gasteiger partial charge in [0.15, 0.2) is 0 Å². The summed E-state index contributed by atoms with van der Waals surface area (Å²) in [5.74, 6) is -12.8. The van der Waals surface area contributed by atoms with Crippen LogP contribution in [0.25, 0.3) is 0 Å². The van der Waals surface area contributed by atoms with Gasteiger partial charge in [0.05, 0.1) is 20.0 Å². The number of halogens is 17. The minimum Gasteiger partial charge on any atom is -0.366 e. The van der Waals surface area contributed by atoms with Crippen molar-refractivity contribution >= 4 is 7.37 Å². The van der Waals surface area contributed by atoms with E-state index in [4.69, 9.17) is 0 Å². The second kappa shape index (κ2) is 8.57. The average molecular weight is 579 g/mol. The van der Waals surface area contributed by atoms with E-state index >= 15 is 0 Å². The zero-order chi connectivity index (χ0) is 28.3. The van der Waals surface area contributed by atoms with E-state index in [9.17, 15) is 79.2 Å². The molecule has 1 aromatic rings. The largest absolute Gasteiger partial charge is 0.465 e. The molecule has 0 radical (unpaired) electrons. The minimum absolute atomic E-state index is 0.0639. The van der Waals surface area contributed by atoms with Gasteiger partial charge in [0.1, 0.15) is 12.4 Å². The highest BCUT2D eigenvalue weighted by Gasteiger charge is 2.86. The molecule has 0 aromatic carbocycles. The van der Waals surface area contributed by atoms with E-state index < -0.39 is 72.6 Å². The van der Waals surface area contributed by atoms with Crippen molar-refractivity contribution in [2.75, 3.05) is 0 Å². The minimum atomic E-state index is -8.71. The first-order chi connectivity index (χ1) is 15.1. The van der Waals surface area contributed by atoms with Crippen LogP contribution < -0.4 is 9.09 Å². The number of alkyl halides is 17. The third-order valence-corrected chi connectivity index (χ3v) is 6.54. The van der Waals surface area contributed by atoms with Crippen LogP contribution in [0.4, 0.5) is 74.6 Å². The Labute approximate surface area is 181 Å². The lowest BCUT2D eigenvalue weighted by Crippen LogP contribution is -2.52. The molecule has 0 atom stereocenters. The first-order valence-corrected chi connectivity index (χ1v) is 9.77. The van der Waals surface area contributed by atoms with Gasteiger partial charge >= 0.3 is 55.1 Å². The van der Waals surface area contributed by atoms with E-state index in [0.29, 0.717) is 13.2 Å². The van der Waals surface area contributed by atoms with Gasteiger partial charge in [0.2, 0.25) is 0 Å². The molecular weight excluding hydrogens is 570 g/mol. The van der Waals surface area contributed by atoms with Gasteiger partial charge < -0.3 is 4.52 Å². The highest BCUT2D eigenvalue weighted by atomic mass is 31.2. The third kappa shape index (κ3) is 5.00. The van der Waals surface area contributed by atoms with Gasteiger partial charge in [0.25, 0.3) is 0 Å². The van der Waals surface area contributed by atoms with Crippen LogP contribution in [-0.2, 0) is 18.2 Å². The molecule has 0 saturated heterocycles. The molecular formula is C13H9F17N2O2P+. The van der Waals surface area contributed by atoms with Crippen molar-refractivity contribution in [3.05, 3.63) is 12.4 Å². The van der Waals surface area contributed by atoms with E-state index in [2.05, 4.69) is 4.52 Å². The Hall–Kier alpha value is -1.95. The molecule has 0 aliphatic heterocycles. The lowest BCUT2D eigenvalue weighted by atomic mass is 10.1. The van der Waals surface area contributed by atoms with Crippen molar-refractivity contribution in [2.24, 2.45) is 7.05 Å². The molecule has 0 spiro atoms. The third-order valence-electron chi connectivity index (χ3n) is 4.13. The van der Waals surface area contributed by atoms with E-state index in [1.165, 1.54) is 0 Å². The maximum Gasteiger partial charge on any atom is 0.465 e. The van der Waals surface area contributed by atoms with Gasteiger partial charge in [-0.2, -0.15) is 83.8 Å². The summed E-state index contributed by atoms with van der Waals surface area (Å²) in [6.45, 7) is -1.97. The van der Waals surface area contributed by atoms with E-state index in [1.54, 1.807) is 0 Å². The summed E-state index contributed by atoms with van der Waals surface area (Å²) in [4.78, 5) is 0. The van der Waals surface area contributed by atoms with Crippen LogP contribution in [0.2, 0.25) is 0 Å². The van der Waals surface area contributed by atoms with Crippen LogP contribution >= 0.6 is 7.37 Å². The van der Waals surface area contributed by atoms with Gasteiger partial charge in [-0.3, -0.25) is 4.57 Å². The van der Waals surface area contributed by atoms with Crippen LogP contribution in [0.1, 0.15) is 6.42 Å². The molecule has 35 heavy (non-hydrogen) atoms. The summed E-state index contributed by atoms with van der Waals surface area (Å²) in [6.07, 6.45) is -23.7. The maximum absolute atomic E-state index is 13.7. The summed E-state index contributed by atoms with van der Waals surface area (Å²) in [7, 11) is -8.28. The van der Waals surface area contributed by atoms with E-state index in [-0.39, 0.29) is 10.8 Å². The molecule has 0 bridgehead atoms. The number of rotatable bonds is 8. The van der Waals surface area contributed by atoms with E-state index in [1.807, 2.05) is 0 Å². The topological polar surface area (TPSA) is 35.1 Å². The van der Waals surface area contributed by atoms with Crippen molar-refractivity contribution in [3.8, 4) is 6.01 Å². The molecule has 0 saturated carbocycles. The summed E-state index contributed by atoms with van der Waals surface area (Å²) in [5.41, 5.74) is -14.9. The fraction of sp³-hybridized carbons (Fsp3) is 0.769. The van der Waals surface area contributed by atoms with Crippen LogP contribution in [0, 0.1) is 0 Å². The Bertz CT molecular complexity index is 929. The molecule has 1 heterocycles. The maximum atomic E-state index is 13.7. The van der Waals surface area contributed by atoms with Crippen molar-refractivity contribution in [2.45, 2.75) is 54.7 Å². The fourth-order valence-corrected chi connectivity index (χ4v) is 3.88. The summed E-state index contributed by atoms with van der Waals surface area (Å²) in [5, 5.41) is 0. The summed E-state index contributed by atoms with van der Waals surface area (Å²) in [6, 6.07) is -2.13. The molecule has 0 aliphatic rings. The molecule has 206 valence electrons.